The molecule has 9 atom stereocenters. The number of aromatic hydroxyl groups is 1. The molecule has 4 aliphatic rings. The number of benzene rings is 6. The summed E-state index contributed by atoms with van der Waals surface area (Å²) < 4.78 is 103. The fourth-order valence-electron chi connectivity index (χ4n) is 16.6. The van der Waals surface area contributed by atoms with Crippen LogP contribution in [0.5, 0.6) is 11.5 Å². The van der Waals surface area contributed by atoms with Gasteiger partial charge < -0.3 is 62.4 Å². The minimum atomic E-state index is -4.79. The maximum absolute atomic E-state index is 13.9. The third-order valence-corrected chi connectivity index (χ3v) is 29.2. The number of urea groups is 2. The number of carbonyl (C=O) groups is 10. The molecule has 140 heavy (non-hydrogen) atoms. The molecule has 14 N–H and O–H groups in total. The Morgan fingerprint density at radius 3 is 1.54 bits per heavy atom. The Morgan fingerprint density at radius 2 is 1.03 bits per heavy atom. The van der Waals surface area contributed by atoms with E-state index >= 15 is 0 Å². The van der Waals surface area contributed by atoms with Gasteiger partial charge in [0.05, 0.1) is 62.4 Å². The van der Waals surface area contributed by atoms with Crippen LogP contribution in [-0.2, 0) is 66.3 Å². The Morgan fingerprint density at radius 1 is 0.550 bits per heavy atom. The number of hydrogen-bond donors (Lipinski definition) is 12. The molecule has 0 saturated carbocycles. The predicted molar refractivity (Wildman–Crippen MR) is 520 cm³/mol. The third kappa shape index (κ3) is 31.7. The molecule has 4 fully saturated rings. The van der Waals surface area contributed by atoms with Crippen molar-refractivity contribution in [3.05, 3.63) is 200 Å². The Bertz CT molecular complexity index is 6080. The average Bonchev–Trinajstić information content (AvgIpc) is 1.62. The molecule has 2 aromatic heterocycles. The molecule has 12 rings (SSSR count). The first-order valence-electron chi connectivity index (χ1n) is 46.3. The highest BCUT2D eigenvalue weighted by Gasteiger charge is 2.44. The van der Waals surface area contributed by atoms with Crippen molar-refractivity contribution >= 4 is 114 Å². The molecule has 45 heteroatoms. The molecule has 6 heterocycles. The molecule has 1 unspecified atom stereocenters. The summed E-state index contributed by atoms with van der Waals surface area (Å²) >= 11 is 3.74. The maximum Gasteiger partial charge on any atom is 0.435 e. The van der Waals surface area contributed by atoms with Gasteiger partial charge in [0.15, 0.2) is 5.69 Å². The van der Waals surface area contributed by atoms with Gasteiger partial charge in [0.2, 0.25) is 37.8 Å². The van der Waals surface area contributed by atoms with Crippen LogP contribution >= 0.6 is 23.5 Å². The van der Waals surface area contributed by atoms with Crippen LogP contribution in [0, 0.1) is 26.7 Å². The number of unbranched alkanes of at least 4 members (excludes halogenated alkanes) is 8. The Labute approximate surface area is 816 Å². The highest BCUT2D eigenvalue weighted by molar-refractivity contribution is 8.00. The summed E-state index contributed by atoms with van der Waals surface area (Å²) in [5, 5.41) is 63.8. The van der Waals surface area contributed by atoms with E-state index in [1.165, 1.54) is 108 Å². The van der Waals surface area contributed by atoms with Crippen molar-refractivity contribution in [3.8, 4) is 45.4 Å². The monoisotopic (exact) mass is 2010 g/mol. The summed E-state index contributed by atoms with van der Waals surface area (Å²) in [6.07, 6.45) is 9.82. The van der Waals surface area contributed by atoms with E-state index in [9.17, 15) is 83.1 Å². The van der Waals surface area contributed by atoms with Gasteiger partial charge in [0.25, 0.3) is 11.8 Å². The van der Waals surface area contributed by atoms with Gasteiger partial charge in [-0.05, 0) is 242 Å². The van der Waals surface area contributed by atoms with Crippen LogP contribution in [0.15, 0.2) is 160 Å². The number of ketones is 1. The minimum absolute atomic E-state index is 0.0204. The second-order valence-electron chi connectivity index (χ2n) is 34.9. The van der Waals surface area contributed by atoms with E-state index in [1.54, 1.807) is 39.0 Å². The van der Waals surface area contributed by atoms with Crippen molar-refractivity contribution in [3.63, 3.8) is 0 Å². The number of alkyl halides is 3. The number of nitrogens with zero attached hydrogens (tertiary/aromatic N) is 10. The molecule has 0 aliphatic carbocycles. The van der Waals surface area contributed by atoms with Crippen molar-refractivity contribution < 1.29 is 92.5 Å². The van der Waals surface area contributed by atoms with Gasteiger partial charge in [-0.3, -0.25) is 28.8 Å². The lowest BCUT2D eigenvalue weighted by Crippen LogP contribution is -2.43. The number of ether oxygens (including phenoxy) is 2. The first-order valence-corrected chi connectivity index (χ1v) is 51.5. The van der Waals surface area contributed by atoms with Gasteiger partial charge in [-0.2, -0.15) is 46.9 Å². The van der Waals surface area contributed by atoms with Gasteiger partial charge in [0.1, 0.15) is 36.0 Å². The molecule has 0 bridgehead atoms. The zero-order chi connectivity index (χ0) is 101. The number of nitrogens with one attached hydrogen (secondary N) is 9. The van der Waals surface area contributed by atoms with Gasteiger partial charge in [-0.25, -0.2) is 55.7 Å². The second-order valence-corrected chi connectivity index (χ2v) is 40.5. The van der Waals surface area contributed by atoms with Crippen LogP contribution < -0.4 is 62.9 Å². The number of rotatable bonds is 50. The molecular formula is C95H116F3N21O17S4. The fraction of sp³-hybridized carbons (Fsp3) is 0.453. The van der Waals surface area contributed by atoms with Crippen LogP contribution in [0.25, 0.3) is 54.8 Å². The highest BCUT2D eigenvalue weighted by atomic mass is 32.2. The summed E-state index contributed by atoms with van der Waals surface area (Å²) in [6.45, 7) is 7.98. The second kappa shape index (κ2) is 51.2. The number of fused-ring (bicyclic) bond motifs is 2. The average molecular weight is 2010 g/mol. The van der Waals surface area contributed by atoms with E-state index in [0.717, 1.165) is 105 Å². The topological polar surface area (TPSA) is 571 Å². The standard InChI is InChI=1S/C48H57F3N10O8S2.C47H59N11O9S2/c1-30-26-32(40-27-42(48(49,50)51)59-61(40)35-21-23-37(24-22-35)71(53,67)68)15-16-33(30)28-69-46(65)38(55-45(64)31-17-19-34(20-18-31)58-60-52)12-8-9-25-54-43(63)14-5-3-2-4-10-36(62)11-6-7-13-41-44-39(29-70-41)56-47(66)57-44;1-28(10-9-12-41-43-37(27-68-41)53-47(64)54-43)44(61)51-23-7-4-5-13-42(60)50-22-8-6-11-36(52-45(62)31-14-16-32(17-15-31)55-57-48)46(63)67-40-26-35(39(59)24-29(40)2)38-25-30(3)56-58(38)33-18-20-34(21-19-33)69(49,65)66/h15-24,26-27,38-39,41,44H,2-14,25,28-29H2,1H3,(H,54,63)(H,55,64)(H2,53,67,68)(H2,56,57,66);14-21,24-26,28,36-37,41,43,59H,4-13,22-23,27H2,1-3H3,(H,50,60)(H,51,61)(H,52,62)(H2,49,65,66)(H2,53,54,64)/t38-,39+,41+,44+;28?,36-,37-,41-,43-/m10/s1. The number of nitrogens with two attached hydrogens (primary N) is 2. The lowest BCUT2D eigenvalue weighted by atomic mass is 9.98. The summed E-state index contributed by atoms with van der Waals surface area (Å²) in [4.78, 5) is 133. The zero-order valence-electron chi connectivity index (χ0n) is 77.9. The first-order chi connectivity index (χ1) is 66.9. The van der Waals surface area contributed by atoms with Gasteiger partial charge >= 0.3 is 30.2 Å². The molecule has 0 radical (unpaired) electrons. The number of phenols is 1. The Kier molecular flexibility index (Phi) is 39.3. The molecule has 9 amide bonds. The van der Waals surface area contributed by atoms with Crippen LogP contribution in [0.1, 0.15) is 203 Å². The minimum Gasteiger partial charge on any atom is -0.507 e. The largest absolute Gasteiger partial charge is 0.507 e. The maximum atomic E-state index is 13.9. The fourth-order valence-corrected chi connectivity index (χ4v) is 20.7. The molecule has 4 saturated heterocycles. The van der Waals surface area contributed by atoms with Crippen molar-refractivity contribution in [2.75, 3.05) is 31.1 Å². The Hall–Kier alpha value is -13.0. The first kappa shape index (κ1) is 107. The van der Waals surface area contributed by atoms with Crippen LogP contribution in [0.3, 0.4) is 0 Å². The molecular weight excluding hydrogens is 1890 g/mol. The number of carbonyl (C=O) groups excluding carboxylic acids is 10. The number of aryl methyl sites for hydroxylation is 3. The van der Waals surface area contributed by atoms with E-state index in [4.69, 9.17) is 30.8 Å². The predicted octanol–water partition coefficient (Wildman–Crippen LogP) is 14.3. The van der Waals surface area contributed by atoms with Gasteiger partial charge in [-0.1, -0.05) is 85.7 Å². The number of primary sulfonamides is 2. The number of esters is 2. The SMILES string of the molecule is Cc1cc(-c2cc(C(F)(F)F)nn2-c2ccc(S(N)(=O)=O)cc2)ccc1COC(=O)[C@@H](CCCCNC(=O)CCCCCCC(=O)CCCC[C@@H]1SC[C@@H]2NC(=O)N[C@@H]21)NC(=O)c1ccc(N=[N+]=[N-])cc1.Cc1cc(-c2cc(OC(=O)[C@H](CCCCNC(=O)CCCCCNC(=O)C(C)CCC[C@@H]3SC[C@@H]4NC(=O)N[C@@H]43)NC(=O)c3ccc(N=[N+]=[N-])cc3)c(C)cc2O)n(-c2ccc(S(N)(=O)=O)cc2)n1. The number of thioether (sulfide) groups is 2. The molecule has 6 aromatic carbocycles. The lowest BCUT2D eigenvalue weighted by Gasteiger charge is -2.19. The quantitative estimate of drug-likeness (QED) is 0.00320. The van der Waals surface area contributed by atoms with E-state index in [2.05, 4.69) is 78.1 Å². The normalized spacial score (nSPS) is 16.9. The molecule has 748 valence electrons. The smallest absolute Gasteiger partial charge is 0.435 e. The van der Waals surface area contributed by atoms with Crippen LogP contribution in [-0.4, -0.2) is 179 Å². The number of sulfonamides is 2. The van der Waals surface area contributed by atoms with Crippen LogP contribution in [0.2, 0.25) is 0 Å². The number of halogens is 3. The van der Waals surface area contributed by atoms with Gasteiger partial charge in [-0.15, -0.1) is 0 Å². The summed E-state index contributed by atoms with van der Waals surface area (Å²) in [6, 6.07) is 30.8. The molecule has 4 aliphatic heterocycles. The summed E-state index contributed by atoms with van der Waals surface area (Å²) in [5.41, 5.74) is 21.1. The van der Waals surface area contributed by atoms with E-state index < -0.39 is 67.8 Å². The lowest BCUT2D eigenvalue weighted by molar-refractivity contribution is -0.147. The molecule has 8 aromatic rings. The van der Waals surface area contributed by atoms with Crippen molar-refractivity contribution in [1.29, 1.82) is 0 Å². The van der Waals surface area contributed by atoms with Crippen molar-refractivity contribution in [2.45, 2.75) is 245 Å². The number of amides is 9. The number of azide groups is 2. The third-order valence-electron chi connectivity index (χ3n) is 24.3. The summed E-state index contributed by atoms with van der Waals surface area (Å²) in [5.74, 6) is -0.945. The number of phenolic OH excluding ortho intramolecular Hbond substituents is 1. The Balaban J connectivity index is 0.000000268. The zero-order valence-corrected chi connectivity index (χ0v) is 81.1. The van der Waals surface area contributed by atoms with Crippen molar-refractivity contribution in [1.82, 2.24) is 67.4 Å². The number of hydrogen-bond acceptors (Lipinski definition) is 23. The highest BCUT2D eigenvalue weighted by Crippen LogP contribution is 2.40. The van der Waals surface area contributed by atoms with E-state index in [-0.39, 0.29) is 140 Å². The van der Waals surface area contributed by atoms with Crippen molar-refractivity contribution in [2.24, 2.45) is 26.4 Å². The molecule has 38 nitrogen and oxygen atoms in total. The van der Waals surface area contributed by atoms with Gasteiger partial charge in [0, 0.05) is 117 Å². The van der Waals surface area contributed by atoms with E-state index in [0.29, 0.717) is 139 Å². The van der Waals surface area contributed by atoms with Crippen LogP contribution in [0.4, 0.5) is 34.1 Å². The number of Topliss-reactive ketones (excluding diaryl/α,β-unsaturated/α-hetero) is 1. The molecule has 0 spiro atoms. The number of aromatic nitrogens is 4. The summed E-state index contributed by atoms with van der Waals surface area (Å²) in [7, 11) is -8.00. The van der Waals surface area contributed by atoms with E-state index in [1.807, 2.05) is 30.4 Å².